The molecule has 1 aliphatic heterocycles. The fourth-order valence-corrected chi connectivity index (χ4v) is 4.68. The van der Waals surface area contributed by atoms with Gasteiger partial charge in [-0.25, -0.2) is 4.98 Å². The summed E-state index contributed by atoms with van der Waals surface area (Å²) in [5.41, 5.74) is 1.79. The van der Waals surface area contributed by atoms with Gasteiger partial charge < -0.3 is 9.64 Å². The molecule has 0 N–H and O–H groups in total. The Hall–Kier alpha value is -2.02. The van der Waals surface area contributed by atoms with Gasteiger partial charge in [-0.3, -0.25) is 4.79 Å². The number of fused-ring (bicyclic) bond motifs is 1. The Bertz CT molecular complexity index is 943. The molecule has 1 amide bonds. The van der Waals surface area contributed by atoms with Crippen LogP contribution in [-0.2, 0) is 17.8 Å². The molecule has 1 aliphatic rings. The number of thiazole rings is 1. The maximum Gasteiger partial charge on any atom is 0.233 e. The number of carbonyl (C=O) groups excluding carboxylic acids is 1. The van der Waals surface area contributed by atoms with Crippen LogP contribution < -0.4 is 9.64 Å². The van der Waals surface area contributed by atoms with E-state index in [1.165, 1.54) is 11.3 Å². The molecule has 27 heavy (non-hydrogen) atoms. The lowest BCUT2D eigenvalue weighted by atomic mass is 10.2. The average Bonchev–Trinajstić information content (AvgIpc) is 3.14. The van der Waals surface area contributed by atoms with Gasteiger partial charge in [0.2, 0.25) is 5.91 Å². The van der Waals surface area contributed by atoms with Crippen LogP contribution >= 0.6 is 34.7 Å². The number of rotatable bonds is 5. The molecule has 0 fully saturated rings. The maximum absolute atomic E-state index is 12.8. The van der Waals surface area contributed by atoms with Gasteiger partial charge in [0.25, 0.3) is 0 Å². The minimum absolute atomic E-state index is 0.0817. The van der Waals surface area contributed by atoms with Gasteiger partial charge in [-0.1, -0.05) is 23.7 Å². The van der Waals surface area contributed by atoms with Gasteiger partial charge >= 0.3 is 0 Å². The van der Waals surface area contributed by atoms with Gasteiger partial charge in [0.05, 0.1) is 17.8 Å². The zero-order chi connectivity index (χ0) is 18.6. The summed E-state index contributed by atoms with van der Waals surface area (Å²) in [5.74, 6) is 1.74. The van der Waals surface area contributed by atoms with Gasteiger partial charge in [-0.15, -0.1) is 23.1 Å². The second kappa shape index (κ2) is 8.33. The van der Waals surface area contributed by atoms with Crippen LogP contribution in [-0.4, -0.2) is 23.2 Å². The van der Waals surface area contributed by atoms with Crippen molar-refractivity contribution in [3.63, 3.8) is 0 Å². The number of benzene rings is 2. The summed E-state index contributed by atoms with van der Waals surface area (Å²) >= 11 is 9.18. The number of anilines is 1. The van der Waals surface area contributed by atoms with Crippen molar-refractivity contribution in [3.8, 4) is 5.75 Å². The summed E-state index contributed by atoms with van der Waals surface area (Å²) < 4.78 is 5.72. The molecular formula is C20H17ClN2O2S2. The van der Waals surface area contributed by atoms with Gasteiger partial charge in [-0.2, -0.15) is 0 Å². The van der Waals surface area contributed by atoms with E-state index in [4.69, 9.17) is 16.3 Å². The van der Waals surface area contributed by atoms with Crippen LogP contribution in [0.1, 0.15) is 10.7 Å². The smallest absolute Gasteiger partial charge is 0.233 e. The van der Waals surface area contributed by atoms with E-state index in [9.17, 15) is 4.79 Å². The number of aromatic nitrogens is 1. The van der Waals surface area contributed by atoms with Crippen molar-refractivity contribution in [1.82, 2.24) is 4.98 Å². The Morgan fingerprint density at radius 1 is 1.19 bits per heavy atom. The third-order valence-electron chi connectivity index (χ3n) is 4.14. The zero-order valence-electron chi connectivity index (χ0n) is 14.4. The first-order valence-corrected chi connectivity index (χ1v) is 10.8. The molecule has 0 aliphatic carbocycles. The van der Waals surface area contributed by atoms with E-state index in [1.807, 2.05) is 40.6 Å². The van der Waals surface area contributed by atoms with E-state index >= 15 is 0 Å². The Labute approximate surface area is 171 Å². The lowest BCUT2D eigenvalue weighted by Crippen LogP contribution is -2.36. The number of hydrogen-bond acceptors (Lipinski definition) is 5. The van der Waals surface area contributed by atoms with E-state index in [0.29, 0.717) is 18.1 Å². The molecule has 138 valence electrons. The van der Waals surface area contributed by atoms with Crippen LogP contribution in [0.3, 0.4) is 0 Å². The molecule has 0 spiro atoms. The standard InChI is InChI=1S/C20H17ClN2O2S2/c21-14-5-7-16(8-6-14)25-12-19-22-15(13-27-19)11-20(24)23-9-10-26-18-4-2-1-3-17(18)23/h1-8,13H,9-12H2. The lowest BCUT2D eigenvalue weighted by molar-refractivity contribution is -0.118. The molecular weight excluding hydrogens is 400 g/mol. The fraction of sp³-hybridized carbons (Fsp3) is 0.200. The van der Waals surface area contributed by atoms with E-state index in [0.717, 1.165) is 39.3 Å². The number of thioether (sulfide) groups is 1. The number of carbonyl (C=O) groups is 1. The second-order valence-corrected chi connectivity index (χ2v) is 8.53. The quantitative estimate of drug-likeness (QED) is 0.583. The molecule has 4 nitrogen and oxygen atoms in total. The molecule has 0 atom stereocenters. The lowest BCUT2D eigenvalue weighted by Gasteiger charge is -2.28. The minimum Gasteiger partial charge on any atom is -0.486 e. The number of hydrogen-bond donors (Lipinski definition) is 0. The number of ether oxygens (including phenoxy) is 1. The Kier molecular flexibility index (Phi) is 5.66. The third kappa shape index (κ3) is 4.46. The SMILES string of the molecule is O=C(Cc1csc(COc2ccc(Cl)cc2)n1)N1CCSc2ccccc21. The van der Waals surface area contributed by atoms with Crippen LogP contribution in [0.25, 0.3) is 0 Å². The first-order chi connectivity index (χ1) is 13.2. The van der Waals surface area contributed by atoms with Gasteiger partial charge in [0.15, 0.2) is 0 Å². The second-order valence-electron chi connectivity index (χ2n) is 6.01. The average molecular weight is 417 g/mol. The van der Waals surface area contributed by atoms with Crippen molar-refractivity contribution in [1.29, 1.82) is 0 Å². The van der Waals surface area contributed by atoms with Crippen molar-refractivity contribution in [2.75, 3.05) is 17.2 Å². The molecule has 1 aromatic heterocycles. The topological polar surface area (TPSA) is 42.4 Å². The first-order valence-electron chi connectivity index (χ1n) is 8.53. The molecule has 2 heterocycles. The fourth-order valence-electron chi connectivity index (χ4n) is 2.85. The maximum atomic E-state index is 12.8. The van der Waals surface area contributed by atoms with Crippen LogP contribution in [0.4, 0.5) is 5.69 Å². The highest BCUT2D eigenvalue weighted by atomic mass is 35.5. The summed E-state index contributed by atoms with van der Waals surface area (Å²) in [4.78, 5) is 20.4. The minimum atomic E-state index is 0.0817. The summed E-state index contributed by atoms with van der Waals surface area (Å²) in [6.45, 7) is 1.11. The summed E-state index contributed by atoms with van der Waals surface area (Å²) in [7, 11) is 0. The van der Waals surface area contributed by atoms with E-state index in [2.05, 4.69) is 11.1 Å². The van der Waals surface area contributed by atoms with Gasteiger partial charge in [0, 0.05) is 27.6 Å². The van der Waals surface area contributed by atoms with Crippen molar-refractivity contribution < 1.29 is 9.53 Å². The Morgan fingerprint density at radius 2 is 2.00 bits per heavy atom. The predicted molar refractivity (Wildman–Crippen MR) is 111 cm³/mol. The summed E-state index contributed by atoms with van der Waals surface area (Å²) in [6, 6.07) is 15.3. The Balaban J connectivity index is 1.38. The van der Waals surface area contributed by atoms with Crippen LogP contribution in [0.15, 0.2) is 58.8 Å². The van der Waals surface area contributed by atoms with Crippen molar-refractivity contribution in [3.05, 3.63) is 69.6 Å². The molecule has 0 saturated carbocycles. The zero-order valence-corrected chi connectivity index (χ0v) is 16.8. The van der Waals surface area contributed by atoms with Crippen molar-refractivity contribution in [2.24, 2.45) is 0 Å². The highest BCUT2D eigenvalue weighted by molar-refractivity contribution is 7.99. The molecule has 2 aromatic carbocycles. The molecule has 3 aromatic rings. The normalized spacial score (nSPS) is 13.3. The molecule has 0 radical (unpaired) electrons. The summed E-state index contributed by atoms with van der Waals surface area (Å²) in [5, 5.41) is 3.46. The number of amides is 1. The predicted octanol–water partition coefficient (Wildman–Crippen LogP) is 5.06. The first kappa shape index (κ1) is 18.3. The van der Waals surface area contributed by atoms with Crippen LogP contribution in [0.5, 0.6) is 5.75 Å². The molecule has 0 bridgehead atoms. The number of nitrogens with zero attached hydrogens (tertiary/aromatic N) is 2. The van der Waals surface area contributed by atoms with E-state index in [-0.39, 0.29) is 5.91 Å². The third-order valence-corrected chi connectivity index (χ3v) is 6.30. The molecule has 7 heteroatoms. The van der Waals surface area contributed by atoms with Crippen molar-refractivity contribution in [2.45, 2.75) is 17.9 Å². The van der Waals surface area contributed by atoms with Crippen molar-refractivity contribution >= 4 is 46.3 Å². The molecule has 0 unspecified atom stereocenters. The summed E-state index contributed by atoms with van der Waals surface area (Å²) in [6.07, 6.45) is 0.302. The number of halogens is 1. The Morgan fingerprint density at radius 3 is 2.85 bits per heavy atom. The number of para-hydroxylation sites is 1. The van der Waals surface area contributed by atoms with Gasteiger partial charge in [0.1, 0.15) is 17.4 Å². The highest BCUT2D eigenvalue weighted by Crippen LogP contribution is 2.34. The molecule has 0 saturated heterocycles. The molecule has 4 rings (SSSR count). The van der Waals surface area contributed by atoms with E-state index in [1.54, 1.807) is 23.9 Å². The van der Waals surface area contributed by atoms with E-state index < -0.39 is 0 Å². The highest BCUT2D eigenvalue weighted by Gasteiger charge is 2.23. The van der Waals surface area contributed by atoms with Crippen LogP contribution in [0, 0.1) is 0 Å². The monoisotopic (exact) mass is 416 g/mol. The van der Waals surface area contributed by atoms with Gasteiger partial charge in [-0.05, 0) is 36.4 Å². The largest absolute Gasteiger partial charge is 0.486 e. The van der Waals surface area contributed by atoms with Crippen LogP contribution in [0.2, 0.25) is 5.02 Å².